The molecule has 1 aromatic heterocycles. The Labute approximate surface area is 83.0 Å². The third-order valence-electron chi connectivity index (χ3n) is 1.30. The van der Waals surface area contributed by atoms with Crippen molar-refractivity contribution in [2.45, 2.75) is 0 Å². The molecule has 6 heteroatoms. The second-order valence-electron chi connectivity index (χ2n) is 2.12. The quantitative estimate of drug-likeness (QED) is 0.467. The number of nitrogens with zero attached hydrogens (tertiary/aromatic N) is 2. The summed E-state index contributed by atoms with van der Waals surface area (Å²) in [6.45, 7) is 0. The van der Waals surface area contributed by atoms with Crippen LogP contribution < -0.4 is 5.06 Å². The number of aromatic nitrogens is 1. The molecule has 70 valence electrons. The van der Waals surface area contributed by atoms with Gasteiger partial charge in [-0.25, -0.2) is 9.78 Å². The second-order valence-corrected chi connectivity index (χ2v) is 2.93. The van der Waals surface area contributed by atoms with Gasteiger partial charge in [0.15, 0.2) is 0 Å². The van der Waals surface area contributed by atoms with Crippen LogP contribution in [0.1, 0.15) is 0 Å². The van der Waals surface area contributed by atoms with E-state index in [1.54, 1.807) is 6.07 Å². The van der Waals surface area contributed by atoms with Crippen molar-refractivity contribution < 1.29 is 14.7 Å². The Morgan fingerprint density at radius 2 is 2.38 bits per heavy atom. The topological polar surface area (TPSA) is 62.7 Å². The summed E-state index contributed by atoms with van der Waals surface area (Å²) in [5, 5.41) is 9.56. The molecule has 1 rings (SSSR count). The molecule has 1 amide bonds. The van der Waals surface area contributed by atoms with E-state index in [2.05, 4.69) is 25.7 Å². The van der Waals surface area contributed by atoms with Crippen molar-refractivity contribution in [3.05, 3.63) is 22.9 Å². The van der Waals surface area contributed by atoms with Crippen LogP contribution in [0, 0.1) is 0 Å². The van der Waals surface area contributed by atoms with Crippen molar-refractivity contribution >= 4 is 27.7 Å². The lowest BCUT2D eigenvalue weighted by atomic mass is 10.4. The fourth-order valence-corrected chi connectivity index (χ4v) is 0.920. The van der Waals surface area contributed by atoms with Crippen LogP contribution in [0.2, 0.25) is 0 Å². The fraction of sp³-hybridized carbons (Fsp3) is 0.143. The zero-order valence-electron chi connectivity index (χ0n) is 6.77. The number of carbonyl (C=O) groups excluding carboxylic acids is 1. The lowest BCUT2D eigenvalue weighted by molar-refractivity contribution is 0.141. The van der Waals surface area contributed by atoms with Crippen molar-refractivity contribution in [1.29, 1.82) is 0 Å². The molecule has 13 heavy (non-hydrogen) atoms. The van der Waals surface area contributed by atoms with Gasteiger partial charge in [0.25, 0.3) is 0 Å². The number of methoxy groups -OCH3 is 1. The first-order chi connectivity index (χ1) is 6.15. The highest BCUT2D eigenvalue weighted by Crippen LogP contribution is 2.14. The molecule has 0 fully saturated rings. The van der Waals surface area contributed by atoms with Crippen LogP contribution >= 0.6 is 15.9 Å². The zero-order chi connectivity index (χ0) is 9.84. The van der Waals surface area contributed by atoms with Gasteiger partial charge in [0.2, 0.25) is 0 Å². The maximum absolute atomic E-state index is 10.8. The molecule has 0 spiro atoms. The molecular weight excluding hydrogens is 240 g/mol. The number of amides is 1. The third-order valence-corrected chi connectivity index (χ3v) is 1.77. The van der Waals surface area contributed by atoms with Gasteiger partial charge in [0, 0.05) is 0 Å². The second kappa shape index (κ2) is 4.20. The van der Waals surface area contributed by atoms with Gasteiger partial charge >= 0.3 is 6.09 Å². The molecular formula is C7H7BrN2O3. The van der Waals surface area contributed by atoms with E-state index in [1.165, 1.54) is 19.4 Å². The van der Waals surface area contributed by atoms with E-state index in [4.69, 9.17) is 0 Å². The molecule has 0 aromatic carbocycles. The lowest BCUT2D eigenvalue weighted by Gasteiger charge is -2.11. The number of ether oxygens (including phenoxy) is 1. The van der Waals surface area contributed by atoms with Crippen molar-refractivity contribution in [2.24, 2.45) is 0 Å². The van der Waals surface area contributed by atoms with Gasteiger partial charge in [-0.05, 0) is 28.1 Å². The van der Waals surface area contributed by atoms with E-state index in [9.17, 15) is 10.0 Å². The monoisotopic (exact) mass is 246 g/mol. The number of hydrogen-bond donors (Lipinski definition) is 1. The molecule has 0 unspecified atom stereocenters. The van der Waals surface area contributed by atoms with Crippen LogP contribution in [0.4, 0.5) is 10.5 Å². The van der Waals surface area contributed by atoms with Crippen LogP contribution in [0.5, 0.6) is 0 Å². The highest BCUT2D eigenvalue weighted by Gasteiger charge is 2.12. The molecule has 0 radical (unpaired) electrons. The first kappa shape index (κ1) is 9.94. The highest BCUT2D eigenvalue weighted by molar-refractivity contribution is 9.10. The van der Waals surface area contributed by atoms with Gasteiger partial charge < -0.3 is 4.74 Å². The minimum absolute atomic E-state index is 0.245. The van der Waals surface area contributed by atoms with Gasteiger partial charge in [-0.3, -0.25) is 5.21 Å². The average molecular weight is 247 g/mol. The van der Waals surface area contributed by atoms with Crippen molar-refractivity contribution in [1.82, 2.24) is 4.98 Å². The summed E-state index contributed by atoms with van der Waals surface area (Å²) in [5.41, 5.74) is 0.245. The Balaban J connectivity index is 2.83. The van der Waals surface area contributed by atoms with Crippen LogP contribution in [-0.4, -0.2) is 23.4 Å². The third kappa shape index (κ3) is 2.40. The lowest BCUT2D eigenvalue weighted by Crippen LogP contribution is -2.26. The summed E-state index contributed by atoms with van der Waals surface area (Å²) < 4.78 is 4.91. The molecule has 0 aliphatic carbocycles. The molecule has 0 atom stereocenters. The van der Waals surface area contributed by atoms with Crippen LogP contribution in [0.25, 0.3) is 0 Å². The molecule has 1 heterocycles. The van der Waals surface area contributed by atoms with Gasteiger partial charge in [-0.2, -0.15) is 5.06 Å². The fourth-order valence-electron chi connectivity index (χ4n) is 0.685. The van der Waals surface area contributed by atoms with Gasteiger partial charge in [-0.1, -0.05) is 0 Å². The summed E-state index contributed by atoms with van der Waals surface area (Å²) in [7, 11) is 1.18. The van der Waals surface area contributed by atoms with Crippen molar-refractivity contribution in [2.75, 3.05) is 12.2 Å². The molecule has 0 aliphatic heterocycles. The predicted molar refractivity (Wildman–Crippen MR) is 48.6 cm³/mol. The van der Waals surface area contributed by atoms with E-state index >= 15 is 0 Å². The average Bonchev–Trinajstić information content (AvgIpc) is 2.17. The van der Waals surface area contributed by atoms with Crippen molar-refractivity contribution in [3.63, 3.8) is 0 Å². The van der Waals surface area contributed by atoms with E-state index < -0.39 is 6.09 Å². The maximum Gasteiger partial charge on any atom is 0.438 e. The summed E-state index contributed by atoms with van der Waals surface area (Å²) in [6, 6.07) is 3.12. The highest BCUT2D eigenvalue weighted by atomic mass is 79.9. The van der Waals surface area contributed by atoms with Gasteiger partial charge in [-0.15, -0.1) is 0 Å². The normalized spacial score (nSPS) is 9.46. The molecule has 0 saturated heterocycles. The van der Waals surface area contributed by atoms with E-state index in [0.717, 1.165) is 0 Å². The Morgan fingerprint density at radius 1 is 1.69 bits per heavy atom. The summed E-state index contributed by atoms with van der Waals surface area (Å²) >= 11 is 3.12. The molecule has 0 bridgehead atoms. The summed E-state index contributed by atoms with van der Waals surface area (Å²) in [6.07, 6.45) is 0.477. The number of hydrogen-bond acceptors (Lipinski definition) is 4. The predicted octanol–water partition coefficient (Wildman–Crippen LogP) is 1.81. The van der Waals surface area contributed by atoms with E-state index in [1.807, 2.05) is 0 Å². The largest absolute Gasteiger partial charge is 0.451 e. The van der Waals surface area contributed by atoms with Crippen LogP contribution in [-0.2, 0) is 4.74 Å². The first-order valence-electron chi connectivity index (χ1n) is 3.33. The standard InChI is InChI=1S/C7H7BrN2O3/c1-13-7(11)10(12)5-2-3-6(8)9-4-5/h2-4,12H,1H3. The molecule has 1 N–H and O–H groups in total. The first-order valence-corrected chi connectivity index (χ1v) is 4.13. The van der Waals surface area contributed by atoms with Crippen molar-refractivity contribution in [3.8, 4) is 0 Å². The number of hydroxylamine groups is 1. The Bertz CT molecular complexity index is 301. The Kier molecular flexibility index (Phi) is 3.21. The maximum atomic E-state index is 10.8. The Morgan fingerprint density at radius 3 is 2.85 bits per heavy atom. The molecule has 5 nitrogen and oxygen atoms in total. The van der Waals surface area contributed by atoms with Crippen LogP contribution in [0.15, 0.2) is 22.9 Å². The number of carbonyl (C=O) groups is 1. The minimum Gasteiger partial charge on any atom is -0.451 e. The van der Waals surface area contributed by atoms with E-state index in [-0.39, 0.29) is 5.69 Å². The van der Waals surface area contributed by atoms with Gasteiger partial charge in [0.1, 0.15) is 4.60 Å². The molecule has 1 aromatic rings. The minimum atomic E-state index is -0.857. The van der Waals surface area contributed by atoms with E-state index in [0.29, 0.717) is 9.67 Å². The smallest absolute Gasteiger partial charge is 0.438 e. The Hall–Kier alpha value is -1.14. The summed E-state index contributed by atoms with van der Waals surface area (Å²) in [5.74, 6) is 0. The summed E-state index contributed by atoms with van der Waals surface area (Å²) in [4.78, 5) is 14.6. The SMILES string of the molecule is COC(=O)N(O)c1ccc(Br)nc1. The molecule has 0 aliphatic rings. The zero-order valence-corrected chi connectivity index (χ0v) is 8.35. The number of rotatable bonds is 1. The molecule has 0 saturated carbocycles. The number of pyridine rings is 1. The van der Waals surface area contributed by atoms with Crippen LogP contribution in [0.3, 0.4) is 0 Å². The number of halogens is 1. The number of anilines is 1. The van der Waals surface area contributed by atoms with Gasteiger partial charge in [0.05, 0.1) is 19.0 Å².